The first-order valence-electron chi connectivity index (χ1n) is 10.4. The van der Waals surface area contributed by atoms with Crippen LogP contribution in [0.2, 0.25) is 0 Å². The van der Waals surface area contributed by atoms with Gasteiger partial charge in [-0.25, -0.2) is 0 Å². The lowest BCUT2D eigenvalue weighted by Crippen LogP contribution is -2.28. The number of hydrogen-bond acceptors (Lipinski definition) is 5. The van der Waals surface area contributed by atoms with E-state index in [1.807, 2.05) is 39.8 Å². The number of anilines is 2. The molecule has 0 aromatic heterocycles. The van der Waals surface area contributed by atoms with Crippen molar-refractivity contribution in [1.82, 2.24) is 0 Å². The second kappa shape index (κ2) is 10.2. The van der Waals surface area contributed by atoms with E-state index in [4.69, 9.17) is 9.47 Å². The molecule has 1 N–H and O–H groups in total. The van der Waals surface area contributed by atoms with E-state index in [1.165, 1.54) is 0 Å². The molecule has 0 aliphatic carbocycles. The highest BCUT2D eigenvalue weighted by Crippen LogP contribution is 2.28. The highest BCUT2D eigenvalue weighted by atomic mass is 79.9. The quantitative estimate of drug-likeness (QED) is 0.567. The van der Waals surface area contributed by atoms with E-state index in [0.717, 1.165) is 15.6 Å². The maximum absolute atomic E-state index is 12.5. The molecule has 2 amide bonds. The average Bonchev–Trinajstić information content (AvgIpc) is 3.11. The number of amides is 2. The molecule has 0 radical (unpaired) electrons. The Morgan fingerprint density at radius 2 is 1.78 bits per heavy atom. The summed E-state index contributed by atoms with van der Waals surface area (Å²) in [6.07, 6.45) is 0.109. The molecule has 1 fully saturated rings. The average molecular weight is 503 g/mol. The SMILES string of the molecule is Cc1cc(Br)cc(C)c1NC(=O)COC(=O)[C@@H]1CC(=O)N(c2ccc(OC(C)C)cc2)C1. The maximum atomic E-state index is 12.5. The Morgan fingerprint density at radius 1 is 1.16 bits per heavy atom. The molecular weight excluding hydrogens is 476 g/mol. The molecule has 0 bridgehead atoms. The van der Waals surface area contributed by atoms with Gasteiger partial charge in [-0.05, 0) is 75.2 Å². The molecule has 2 aromatic carbocycles. The van der Waals surface area contributed by atoms with Crippen LogP contribution in [0.25, 0.3) is 0 Å². The zero-order chi connectivity index (χ0) is 23.4. The fraction of sp³-hybridized carbons (Fsp3) is 0.375. The van der Waals surface area contributed by atoms with Gasteiger partial charge in [0, 0.05) is 28.8 Å². The number of carbonyl (C=O) groups is 3. The summed E-state index contributed by atoms with van der Waals surface area (Å²) in [6.45, 7) is 7.47. The fourth-order valence-corrected chi connectivity index (χ4v) is 4.32. The molecule has 3 rings (SSSR count). The number of ether oxygens (including phenoxy) is 2. The van der Waals surface area contributed by atoms with Crippen molar-refractivity contribution in [1.29, 1.82) is 0 Å². The Bertz CT molecular complexity index is 997. The van der Waals surface area contributed by atoms with Crippen LogP contribution in [0.3, 0.4) is 0 Å². The number of aryl methyl sites for hydroxylation is 2. The molecule has 0 saturated carbocycles. The van der Waals surface area contributed by atoms with Crippen molar-refractivity contribution < 1.29 is 23.9 Å². The lowest BCUT2D eigenvalue weighted by Gasteiger charge is -2.17. The summed E-state index contributed by atoms with van der Waals surface area (Å²) in [5.41, 5.74) is 3.19. The number of nitrogens with one attached hydrogen (secondary N) is 1. The summed E-state index contributed by atoms with van der Waals surface area (Å²) >= 11 is 3.42. The van der Waals surface area contributed by atoms with Crippen LogP contribution >= 0.6 is 15.9 Å². The summed E-state index contributed by atoms with van der Waals surface area (Å²) in [5, 5.41) is 2.79. The molecule has 1 atom stereocenters. The van der Waals surface area contributed by atoms with Crippen LogP contribution in [0.4, 0.5) is 11.4 Å². The van der Waals surface area contributed by atoms with Gasteiger partial charge in [0.05, 0.1) is 12.0 Å². The van der Waals surface area contributed by atoms with Gasteiger partial charge in [-0.15, -0.1) is 0 Å². The molecule has 1 aliphatic rings. The van der Waals surface area contributed by atoms with Crippen LogP contribution in [-0.2, 0) is 19.1 Å². The van der Waals surface area contributed by atoms with Gasteiger partial charge >= 0.3 is 5.97 Å². The van der Waals surface area contributed by atoms with Gasteiger partial charge < -0.3 is 19.7 Å². The predicted molar refractivity (Wildman–Crippen MR) is 126 cm³/mol. The third-order valence-corrected chi connectivity index (χ3v) is 5.54. The molecule has 32 heavy (non-hydrogen) atoms. The van der Waals surface area contributed by atoms with Crippen molar-refractivity contribution in [2.45, 2.75) is 40.2 Å². The second-order valence-corrected chi connectivity index (χ2v) is 9.05. The number of halogens is 1. The molecule has 1 aliphatic heterocycles. The monoisotopic (exact) mass is 502 g/mol. The Morgan fingerprint density at radius 3 is 2.38 bits per heavy atom. The maximum Gasteiger partial charge on any atom is 0.311 e. The standard InChI is InChI=1S/C24H27BrN2O5/c1-14(2)32-20-7-5-19(6-8-20)27-12-17(11-22(27)29)24(30)31-13-21(28)26-23-15(3)9-18(25)10-16(23)4/h5-10,14,17H,11-13H2,1-4H3,(H,26,28)/t17-/m1/s1. The highest BCUT2D eigenvalue weighted by molar-refractivity contribution is 9.10. The first-order valence-corrected chi connectivity index (χ1v) is 11.2. The van der Waals surface area contributed by atoms with E-state index in [1.54, 1.807) is 29.2 Å². The van der Waals surface area contributed by atoms with E-state index in [9.17, 15) is 14.4 Å². The summed E-state index contributed by atoms with van der Waals surface area (Å²) in [6, 6.07) is 11.0. The van der Waals surface area contributed by atoms with Gasteiger partial charge in [0.2, 0.25) is 5.91 Å². The van der Waals surface area contributed by atoms with Crippen molar-refractivity contribution in [3.63, 3.8) is 0 Å². The highest BCUT2D eigenvalue weighted by Gasteiger charge is 2.36. The summed E-state index contributed by atoms with van der Waals surface area (Å²) in [4.78, 5) is 38.8. The molecule has 0 spiro atoms. The van der Waals surface area contributed by atoms with Crippen molar-refractivity contribution in [3.8, 4) is 5.75 Å². The molecule has 0 unspecified atom stereocenters. The van der Waals surface area contributed by atoms with Gasteiger partial charge in [-0.2, -0.15) is 0 Å². The van der Waals surface area contributed by atoms with Crippen LogP contribution in [-0.4, -0.2) is 37.0 Å². The van der Waals surface area contributed by atoms with Crippen LogP contribution in [0.5, 0.6) is 5.75 Å². The molecular formula is C24H27BrN2O5. The number of carbonyl (C=O) groups excluding carboxylic acids is 3. The van der Waals surface area contributed by atoms with Crippen LogP contribution in [0.1, 0.15) is 31.4 Å². The van der Waals surface area contributed by atoms with Crippen molar-refractivity contribution >= 4 is 45.1 Å². The van der Waals surface area contributed by atoms with Gasteiger partial charge in [0.25, 0.3) is 5.91 Å². The topological polar surface area (TPSA) is 84.9 Å². The molecule has 1 heterocycles. The number of hydrogen-bond donors (Lipinski definition) is 1. The molecule has 7 nitrogen and oxygen atoms in total. The van der Waals surface area contributed by atoms with Crippen molar-refractivity contribution in [2.24, 2.45) is 5.92 Å². The van der Waals surface area contributed by atoms with E-state index in [2.05, 4.69) is 21.2 Å². The van der Waals surface area contributed by atoms with Gasteiger partial charge in [-0.3, -0.25) is 14.4 Å². The minimum atomic E-state index is -0.613. The van der Waals surface area contributed by atoms with Gasteiger partial charge in [-0.1, -0.05) is 15.9 Å². The zero-order valence-corrected chi connectivity index (χ0v) is 20.2. The molecule has 2 aromatic rings. The molecule has 1 saturated heterocycles. The van der Waals surface area contributed by atoms with E-state index >= 15 is 0 Å². The Balaban J connectivity index is 1.54. The Labute approximate surface area is 196 Å². The van der Waals surface area contributed by atoms with Gasteiger partial charge in [0.1, 0.15) is 5.75 Å². The minimum Gasteiger partial charge on any atom is -0.491 e. The van der Waals surface area contributed by atoms with Crippen molar-refractivity contribution in [3.05, 3.63) is 52.0 Å². The third-order valence-electron chi connectivity index (χ3n) is 5.09. The van der Waals surface area contributed by atoms with E-state index in [0.29, 0.717) is 17.1 Å². The second-order valence-electron chi connectivity index (χ2n) is 8.14. The first-order chi connectivity index (χ1) is 15.1. The lowest BCUT2D eigenvalue weighted by atomic mass is 10.1. The number of esters is 1. The largest absolute Gasteiger partial charge is 0.491 e. The minimum absolute atomic E-state index is 0.0512. The van der Waals surface area contributed by atoms with E-state index in [-0.39, 0.29) is 25.0 Å². The predicted octanol–water partition coefficient (Wildman–Crippen LogP) is 4.39. The van der Waals surface area contributed by atoms with E-state index < -0.39 is 24.4 Å². The smallest absolute Gasteiger partial charge is 0.311 e. The Hall–Kier alpha value is -2.87. The molecule has 8 heteroatoms. The number of benzene rings is 2. The summed E-state index contributed by atoms with van der Waals surface area (Å²) < 4.78 is 11.7. The Kier molecular flexibility index (Phi) is 7.56. The van der Waals surface area contributed by atoms with Crippen molar-refractivity contribution in [2.75, 3.05) is 23.4 Å². The number of rotatable bonds is 7. The number of nitrogens with zero attached hydrogens (tertiary/aromatic N) is 1. The normalized spacial score (nSPS) is 15.8. The fourth-order valence-electron chi connectivity index (χ4n) is 3.63. The van der Waals surface area contributed by atoms with Crippen LogP contribution in [0.15, 0.2) is 40.9 Å². The lowest BCUT2D eigenvalue weighted by molar-refractivity contribution is -0.151. The summed E-state index contributed by atoms with van der Waals surface area (Å²) in [5.74, 6) is -1.03. The summed E-state index contributed by atoms with van der Waals surface area (Å²) in [7, 11) is 0. The first kappa shape index (κ1) is 23.8. The van der Waals surface area contributed by atoms with Gasteiger partial charge in [0.15, 0.2) is 6.61 Å². The molecule has 170 valence electrons. The van der Waals surface area contributed by atoms with Crippen LogP contribution in [0, 0.1) is 19.8 Å². The zero-order valence-electron chi connectivity index (χ0n) is 18.6. The van der Waals surface area contributed by atoms with Crippen LogP contribution < -0.4 is 15.0 Å². The third kappa shape index (κ3) is 5.88.